The summed E-state index contributed by atoms with van der Waals surface area (Å²) in [5.74, 6) is -3.31. The first-order chi connectivity index (χ1) is 15.9. The molecule has 3 fully saturated rings. The van der Waals surface area contributed by atoms with E-state index in [1.165, 1.54) is 0 Å². The average Bonchev–Trinajstić information content (AvgIpc) is 3.25. The minimum absolute atomic E-state index is 0.121. The van der Waals surface area contributed by atoms with Crippen LogP contribution in [0.2, 0.25) is 0 Å². The van der Waals surface area contributed by atoms with Gasteiger partial charge in [0.15, 0.2) is 0 Å². The predicted molar refractivity (Wildman–Crippen MR) is 124 cm³/mol. The van der Waals surface area contributed by atoms with Crippen LogP contribution >= 0.6 is 0 Å². The zero-order valence-electron chi connectivity index (χ0n) is 18.9. The molecule has 0 atom stereocenters. The van der Waals surface area contributed by atoms with E-state index in [0.29, 0.717) is 32.5 Å². The van der Waals surface area contributed by atoms with Crippen molar-refractivity contribution < 1.29 is 18.4 Å². The number of hydrogen-bond acceptors (Lipinski definition) is 3. The van der Waals surface area contributed by atoms with Gasteiger partial charge in [-0.3, -0.25) is 19.9 Å². The van der Waals surface area contributed by atoms with Gasteiger partial charge in [-0.05, 0) is 43.9 Å². The number of fused-ring (bicyclic) bond motifs is 1. The second kappa shape index (κ2) is 9.05. The van der Waals surface area contributed by atoms with Crippen LogP contribution < -0.4 is 10.2 Å². The molecule has 3 amide bonds. The highest BCUT2D eigenvalue weighted by Gasteiger charge is 2.41. The number of hydrogen-bond donors (Lipinski definition) is 1. The number of imide groups is 1. The van der Waals surface area contributed by atoms with Gasteiger partial charge >= 0.3 is 6.03 Å². The van der Waals surface area contributed by atoms with Gasteiger partial charge in [0.25, 0.3) is 5.92 Å². The number of piperidine rings is 1. The number of alkyl halides is 2. The number of anilines is 1. The number of likely N-dealkylation sites (tertiary alicyclic amines) is 1. The van der Waals surface area contributed by atoms with Crippen LogP contribution in [-0.4, -0.2) is 53.5 Å². The Morgan fingerprint density at radius 3 is 2.45 bits per heavy atom. The van der Waals surface area contributed by atoms with Crippen LogP contribution in [0.25, 0.3) is 10.9 Å². The van der Waals surface area contributed by atoms with E-state index in [0.717, 1.165) is 48.7 Å². The second-order valence-corrected chi connectivity index (χ2v) is 9.79. The SMILES string of the molecule is O=C1CCN(c2cccc3c2ccn3C2CCN(CC(F)(F)C3CCCCC3)CC2)C(=O)N1. The Labute approximate surface area is 192 Å². The van der Waals surface area contributed by atoms with Gasteiger partial charge in [-0.2, -0.15) is 0 Å². The molecule has 0 spiro atoms. The molecule has 1 saturated carbocycles. The summed E-state index contributed by atoms with van der Waals surface area (Å²) >= 11 is 0. The van der Waals surface area contributed by atoms with Gasteiger partial charge in [-0.15, -0.1) is 0 Å². The van der Waals surface area contributed by atoms with Crippen molar-refractivity contribution in [1.29, 1.82) is 0 Å². The molecule has 1 aliphatic carbocycles. The van der Waals surface area contributed by atoms with Crippen LogP contribution in [0.3, 0.4) is 0 Å². The lowest BCUT2D eigenvalue weighted by Gasteiger charge is -2.38. The summed E-state index contributed by atoms with van der Waals surface area (Å²) in [5.41, 5.74) is 1.82. The second-order valence-electron chi connectivity index (χ2n) is 9.79. The Morgan fingerprint density at radius 2 is 1.73 bits per heavy atom. The van der Waals surface area contributed by atoms with E-state index >= 15 is 0 Å². The zero-order chi connectivity index (χ0) is 23.0. The van der Waals surface area contributed by atoms with Crippen molar-refractivity contribution in [1.82, 2.24) is 14.8 Å². The maximum Gasteiger partial charge on any atom is 0.328 e. The summed E-state index contributed by atoms with van der Waals surface area (Å²) < 4.78 is 31.9. The van der Waals surface area contributed by atoms with Crippen LogP contribution in [-0.2, 0) is 4.79 Å². The average molecular weight is 459 g/mol. The first-order valence-electron chi connectivity index (χ1n) is 12.2. The van der Waals surface area contributed by atoms with Gasteiger partial charge in [-0.25, -0.2) is 13.6 Å². The van der Waals surface area contributed by atoms with Crippen LogP contribution in [0.15, 0.2) is 30.5 Å². The Balaban J connectivity index is 1.26. The lowest BCUT2D eigenvalue weighted by molar-refractivity contribution is -0.120. The lowest BCUT2D eigenvalue weighted by atomic mass is 9.84. The summed E-state index contributed by atoms with van der Waals surface area (Å²) in [6.07, 6.45) is 8.24. The standard InChI is InChI=1S/C25H32F2N4O2/c26-25(27,18-5-2-1-3-6-18)17-29-13-9-19(10-14-29)30-15-11-20-21(30)7-4-8-22(20)31-16-12-23(32)28-24(31)33/h4,7-8,11,15,18-19H,1-3,5-6,9-10,12-14,16-17H2,(H,28,32,33). The summed E-state index contributed by atoms with van der Waals surface area (Å²) in [7, 11) is 0. The molecule has 3 aliphatic rings. The molecule has 1 aromatic heterocycles. The molecule has 2 saturated heterocycles. The van der Waals surface area contributed by atoms with E-state index in [2.05, 4.69) is 9.88 Å². The smallest absolute Gasteiger partial charge is 0.328 e. The predicted octanol–water partition coefficient (Wildman–Crippen LogP) is 4.94. The molecule has 8 heteroatoms. The fourth-order valence-electron chi connectivity index (χ4n) is 5.83. The highest BCUT2D eigenvalue weighted by Crippen LogP contribution is 2.38. The normalized spacial score (nSPS) is 22.2. The lowest BCUT2D eigenvalue weighted by Crippen LogP contribution is -2.49. The summed E-state index contributed by atoms with van der Waals surface area (Å²) in [5, 5.41) is 3.35. The first-order valence-corrected chi connectivity index (χ1v) is 12.2. The number of amides is 3. The molecule has 33 heavy (non-hydrogen) atoms. The fraction of sp³-hybridized carbons (Fsp3) is 0.600. The number of carbonyl (C=O) groups excluding carboxylic acids is 2. The quantitative estimate of drug-likeness (QED) is 0.691. The number of benzene rings is 1. The maximum atomic E-state index is 14.8. The highest BCUT2D eigenvalue weighted by atomic mass is 19.3. The zero-order valence-corrected chi connectivity index (χ0v) is 18.9. The Hall–Kier alpha value is -2.48. The minimum atomic E-state index is -2.60. The number of aromatic nitrogens is 1. The highest BCUT2D eigenvalue weighted by molar-refractivity contribution is 6.09. The van der Waals surface area contributed by atoms with Crippen molar-refractivity contribution in [2.45, 2.75) is 63.3 Å². The van der Waals surface area contributed by atoms with Crippen molar-refractivity contribution in [3.8, 4) is 0 Å². The number of urea groups is 1. The van der Waals surface area contributed by atoms with Gasteiger partial charge < -0.3 is 4.57 Å². The number of halogens is 2. The van der Waals surface area contributed by atoms with Crippen LogP contribution in [0.1, 0.15) is 57.4 Å². The third-order valence-corrected chi connectivity index (χ3v) is 7.67. The molecule has 2 aliphatic heterocycles. The van der Waals surface area contributed by atoms with Gasteiger partial charge in [0.1, 0.15) is 0 Å². The molecule has 0 unspecified atom stereocenters. The van der Waals surface area contributed by atoms with Crippen molar-refractivity contribution in [2.75, 3.05) is 31.1 Å². The van der Waals surface area contributed by atoms with Gasteiger partial charge in [0, 0.05) is 49.6 Å². The third-order valence-electron chi connectivity index (χ3n) is 7.67. The van der Waals surface area contributed by atoms with E-state index in [1.807, 2.05) is 35.4 Å². The molecule has 1 N–H and O–H groups in total. The number of carbonyl (C=O) groups is 2. The van der Waals surface area contributed by atoms with Crippen molar-refractivity contribution >= 4 is 28.5 Å². The first kappa shape index (κ1) is 22.3. The largest absolute Gasteiger partial charge is 0.344 e. The number of nitrogens with one attached hydrogen (secondary N) is 1. The van der Waals surface area contributed by atoms with Crippen LogP contribution in [0, 0.1) is 5.92 Å². The van der Waals surface area contributed by atoms with E-state index < -0.39 is 17.9 Å². The molecule has 6 nitrogen and oxygen atoms in total. The van der Waals surface area contributed by atoms with Crippen molar-refractivity contribution in [3.05, 3.63) is 30.5 Å². The van der Waals surface area contributed by atoms with Gasteiger partial charge in [0.05, 0.1) is 17.7 Å². The molecule has 1 aromatic carbocycles. The summed E-state index contributed by atoms with van der Waals surface area (Å²) in [6.45, 7) is 1.58. The number of rotatable bonds is 5. The molecule has 2 aromatic rings. The van der Waals surface area contributed by atoms with Gasteiger partial charge in [0.2, 0.25) is 5.91 Å². The molecular formula is C25H32F2N4O2. The van der Waals surface area contributed by atoms with E-state index in [4.69, 9.17) is 0 Å². The third kappa shape index (κ3) is 4.50. The molecule has 178 valence electrons. The molecular weight excluding hydrogens is 426 g/mol. The molecule has 0 radical (unpaired) electrons. The maximum absolute atomic E-state index is 14.8. The van der Waals surface area contributed by atoms with Crippen molar-refractivity contribution in [3.63, 3.8) is 0 Å². The Morgan fingerprint density at radius 1 is 0.970 bits per heavy atom. The number of nitrogens with zero attached hydrogens (tertiary/aromatic N) is 3. The van der Waals surface area contributed by atoms with E-state index in [1.54, 1.807) is 4.90 Å². The van der Waals surface area contributed by atoms with E-state index in [-0.39, 0.29) is 24.9 Å². The van der Waals surface area contributed by atoms with Crippen molar-refractivity contribution in [2.24, 2.45) is 5.92 Å². The minimum Gasteiger partial charge on any atom is -0.344 e. The van der Waals surface area contributed by atoms with Crippen LogP contribution in [0.4, 0.5) is 19.3 Å². The topological polar surface area (TPSA) is 57.6 Å². The monoisotopic (exact) mass is 458 g/mol. The molecule has 5 rings (SSSR count). The Kier molecular flexibility index (Phi) is 6.12. The molecule has 0 bridgehead atoms. The van der Waals surface area contributed by atoms with E-state index in [9.17, 15) is 18.4 Å². The summed E-state index contributed by atoms with van der Waals surface area (Å²) in [6, 6.07) is 7.73. The summed E-state index contributed by atoms with van der Waals surface area (Å²) in [4.78, 5) is 27.4. The van der Waals surface area contributed by atoms with Gasteiger partial charge in [-0.1, -0.05) is 25.3 Å². The van der Waals surface area contributed by atoms with Crippen LogP contribution in [0.5, 0.6) is 0 Å². The molecule has 3 heterocycles. The Bertz CT molecular complexity index is 1020. The fourth-order valence-corrected chi connectivity index (χ4v) is 5.83.